The number of ether oxygens (including phenoxy) is 1. The van der Waals surface area contributed by atoms with Crippen LogP contribution in [-0.2, 0) is 4.74 Å². The second-order valence-corrected chi connectivity index (χ2v) is 6.31. The zero-order chi connectivity index (χ0) is 17.7. The van der Waals surface area contributed by atoms with E-state index in [9.17, 15) is 14.7 Å². The SMILES string of the molecule is CCCC[C@@H](CO)n1cc(C(=O)OCC)c(=O)c2cc(Br)ncc21. The lowest BCUT2D eigenvalue weighted by atomic mass is 10.1. The van der Waals surface area contributed by atoms with Crippen molar-refractivity contribution in [3.8, 4) is 0 Å². The Morgan fingerprint density at radius 1 is 1.46 bits per heavy atom. The van der Waals surface area contributed by atoms with Crippen molar-refractivity contribution in [2.45, 2.75) is 39.2 Å². The van der Waals surface area contributed by atoms with Crippen LogP contribution >= 0.6 is 15.9 Å². The van der Waals surface area contributed by atoms with Crippen LogP contribution in [0.15, 0.2) is 27.9 Å². The predicted octanol–water partition coefficient (Wildman–Crippen LogP) is 3.06. The predicted molar refractivity (Wildman–Crippen MR) is 95.3 cm³/mol. The van der Waals surface area contributed by atoms with E-state index in [0.717, 1.165) is 19.3 Å². The second-order valence-electron chi connectivity index (χ2n) is 5.50. The molecule has 0 aliphatic heterocycles. The van der Waals surface area contributed by atoms with Crippen molar-refractivity contribution in [2.75, 3.05) is 13.2 Å². The summed E-state index contributed by atoms with van der Waals surface area (Å²) >= 11 is 3.25. The molecule has 0 aromatic carbocycles. The number of fused-ring (bicyclic) bond motifs is 1. The van der Waals surface area contributed by atoms with Gasteiger partial charge in [0, 0.05) is 6.20 Å². The molecule has 6 nitrogen and oxygen atoms in total. The van der Waals surface area contributed by atoms with Gasteiger partial charge >= 0.3 is 5.97 Å². The van der Waals surface area contributed by atoms with Crippen LogP contribution in [0.2, 0.25) is 0 Å². The van der Waals surface area contributed by atoms with Crippen molar-refractivity contribution in [3.05, 3.63) is 38.9 Å². The number of pyridine rings is 2. The van der Waals surface area contributed by atoms with Crippen LogP contribution in [-0.4, -0.2) is 33.8 Å². The molecule has 2 aromatic rings. The fraction of sp³-hybridized carbons (Fsp3) is 0.471. The molecule has 0 saturated heterocycles. The van der Waals surface area contributed by atoms with Gasteiger partial charge in [-0.15, -0.1) is 0 Å². The Labute approximate surface area is 148 Å². The molecule has 0 amide bonds. The van der Waals surface area contributed by atoms with Gasteiger partial charge in [0.1, 0.15) is 10.2 Å². The number of aliphatic hydroxyl groups excluding tert-OH is 1. The molecule has 0 unspecified atom stereocenters. The molecule has 0 radical (unpaired) electrons. The van der Waals surface area contributed by atoms with E-state index in [2.05, 4.69) is 27.8 Å². The second kappa shape index (κ2) is 8.39. The smallest absolute Gasteiger partial charge is 0.343 e. The van der Waals surface area contributed by atoms with Crippen LogP contribution in [0.4, 0.5) is 0 Å². The third-order valence-electron chi connectivity index (χ3n) is 3.88. The zero-order valence-electron chi connectivity index (χ0n) is 13.8. The molecular weight excluding hydrogens is 376 g/mol. The maximum absolute atomic E-state index is 12.6. The maximum Gasteiger partial charge on any atom is 0.343 e. The quantitative estimate of drug-likeness (QED) is 0.574. The summed E-state index contributed by atoms with van der Waals surface area (Å²) in [5.41, 5.74) is 0.166. The molecule has 24 heavy (non-hydrogen) atoms. The number of rotatable bonds is 7. The Morgan fingerprint density at radius 2 is 2.21 bits per heavy atom. The number of aromatic nitrogens is 2. The molecule has 0 spiro atoms. The van der Waals surface area contributed by atoms with Crippen molar-refractivity contribution < 1.29 is 14.6 Å². The molecule has 1 atom stereocenters. The summed E-state index contributed by atoms with van der Waals surface area (Å²) in [6.45, 7) is 3.86. The standard InChI is InChI=1S/C17H21BrN2O4/c1-3-5-6-11(10-21)20-9-13(17(23)24-4-2)16(22)12-7-15(18)19-8-14(12)20/h7-9,11,21H,3-6,10H2,1-2H3/t11-/m0/s1. The zero-order valence-corrected chi connectivity index (χ0v) is 15.4. The highest BCUT2D eigenvalue weighted by atomic mass is 79.9. The van der Waals surface area contributed by atoms with Crippen molar-refractivity contribution in [3.63, 3.8) is 0 Å². The lowest BCUT2D eigenvalue weighted by Crippen LogP contribution is -2.24. The first-order valence-corrected chi connectivity index (χ1v) is 8.81. The minimum atomic E-state index is -0.654. The monoisotopic (exact) mass is 396 g/mol. The van der Waals surface area contributed by atoms with Crippen LogP contribution in [0, 0.1) is 0 Å². The van der Waals surface area contributed by atoms with Gasteiger partial charge in [0.25, 0.3) is 0 Å². The first-order chi connectivity index (χ1) is 11.5. The molecular formula is C17H21BrN2O4. The summed E-state index contributed by atoms with van der Waals surface area (Å²) in [6, 6.07) is 1.36. The first kappa shape index (κ1) is 18.6. The van der Waals surface area contributed by atoms with E-state index in [0.29, 0.717) is 15.5 Å². The summed E-state index contributed by atoms with van der Waals surface area (Å²) in [5, 5.41) is 10.2. The van der Waals surface area contributed by atoms with E-state index >= 15 is 0 Å². The number of esters is 1. The summed E-state index contributed by atoms with van der Waals surface area (Å²) < 4.78 is 7.27. The number of hydrogen-bond donors (Lipinski definition) is 1. The van der Waals surface area contributed by atoms with E-state index in [1.807, 2.05) is 0 Å². The summed E-state index contributed by atoms with van der Waals surface area (Å²) in [7, 11) is 0. The van der Waals surface area contributed by atoms with E-state index in [1.165, 1.54) is 6.20 Å². The van der Waals surface area contributed by atoms with Gasteiger partial charge in [-0.3, -0.25) is 4.79 Å². The summed E-state index contributed by atoms with van der Waals surface area (Å²) in [4.78, 5) is 29.0. The Kier molecular flexibility index (Phi) is 6.51. The number of carbonyl (C=O) groups excluding carboxylic acids is 1. The molecule has 2 heterocycles. The Balaban J connectivity index is 2.70. The lowest BCUT2D eigenvalue weighted by Gasteiger charge is -2.21. The average Bonchev–Trinajstić information content (AvgIpc) is 2.57. The number of aliphatic hydroxyl groups is 1. The van der Waals surface area contributed by atoms with Crippen molar-refractivity contribution >= 4 is 32.8 Å². The molecule has 2 aromatic heterocycles. The third kappa shape index (κ3) is 3.84. The highest BCUT2D eigenvalue weighted by molar-refractivity contribution is 9.10. The molecule has 7 heteroatoms. The van der Waals surface area contributed by atoms with Crippen LogP contribution in [0.1, 0.15) is 49.5 Å². The van der Waals surface area contributed by atoms with E-state index in [4.69, 9.17) is 4.74 Å². The van der Waals surface area contributed by atoms with Gasteiger partial charge in [-0.1, -0.05) is 19.8 Å². The Hall–Kier alpha value is -1.73. The van der Waals surface area contributed by atoms with Crippen LogP contribution in [0.5, 0.6) is 0 Å². The van der Waals surface area contributed by atoms with Crippen molar-refractivity contribution in [1.82, 2.24) is 9.55 Å². The topological polar surface area (TPSA) is 81.4 Å². The average molecular weight is 397 g/mol. The van der Waals surface area contributed by atoms with Gasteiger partial charge in [-0.25, -0.2) is 9.78 Å². The van der Waals surface area contributed by atoms with E-state index in [1.54, 1.807) is 23.8 Å². The highest BCUT2D eigenvalue weighted by Crippen LogP contribution is 2.22. The highest BCUT2D eigenvalue weighted by Gasteiger charge is 2.20. The largest absolute Gasteiger partial charge is 0.462 e. The Morgan fingerprint density at radius 3 is 2.83 bits per heavy atom. The molecule has 0 bridgehead atoms. The van der Waals surface area contributed by atoms with Crippen molar-refractivity contribution in [2.24, 2.45) is 0 Å². The van der Waals surface area contributed by atoms with Gasteiger partial charge in [-0.05, 0) is 35.3 Å². The molecule has 1 N–H and O–H groups in total. The third-order valence-corrected chi connectivity index (χ3v) is 4.31. The molecule has 130 valence electrons. The fourth-order valence-electron chi connectivity index (χ4n) is 2.64. The minimum absolute atomic E-state index is 0.0302. The molecule has 0 saturated carbocycles. The number of carbonyl (C=O) groups is 1. The van der Waals surface area contributed by atoms with Gasteiger partial charge in [0.15, 0.2) is 0 Å². The van der Waals surface area contributed by atoms with Gasteiger partial charge in [0.05, 0.1) is 36.4 Å². The fourth-order valence-corrected chi connectivity index (χ4v) is 2.97. The van der Waals surface area contributed by atoms with Crippen LogP contribution < -0.4 is 5.43 Å². The lowest BCUT2D eigenvalue weighted by molar-refractivity contribution is 0.0523. The first-order valence-electron chi connectivity index (χ1n) is 8.01. The van der Waals surface area contributed by atoms with E-state index < -0.39 is 11.4 Å². The molecule has 0 fully saturated rings. The molecule has 0 aliphatic rings. The summed E-state index contributed by atoms with van der Waals surface area (Å²) in [6.07, 6.45) is 5.71. The van der Waals surface area contributed by atoms with Crippen molar-refractivity contribution in [1.29, 1.82) is 0 Å². The number of hydrogen-bond acceptors (Lipinski definition) is 5. The molecule has 0 aliphatic carbocycles. The number of unbranched alkanes of at least 4 members (excludes halogenated alkanes) is 1. The number of halogens is 1. The van der Waals surface area contributed by atoms with E-state index in [-0.39, 0.29) is 24.8 Å². The minimum Gasteiger partial charge on any atom is -0.462 e. The normalized spacial score (nSPS) is 12.3. The maximum atomic E-state index is 12.6. The van der Waals surface area contributed by atoms with Crippen LogP contribution in [0.25, 0.3) is 10.9 Å². The van der Waals surface area contributed by atoms with Gasteiger partial charge in [0.2, 0.25) is 5.43 Å². The van der Waals surface area contributed by atoms with Crippen LogP contribution in [0.3, 0.4) is 0 Å². The van der Waals surface area contributed by atoms with Gasteiger partial charge < -0.3 is 14.4 Å². The molecule has 2 rings (SSSR count). The summed E-state index contributed by atoms with van der Waals surface area (Å²) in [5.74, 6) is -0.654. The Bertz CT molecular complexity index is 788. The number of nitrogens with zero attached hydrogens (tertiary/aromatic N) is 2. The van der Waals surface area contributed by atoms with Gasteiger partial charge in [-0.2, -0.15) is 0 Å².